The number of halogens is 1. The number of hydrogen-bond acceptors (Lipinski definition) is 3. The number of benzene rings is 1. The molecule has 2 aliphatic rings. The van der Waals surface area contributed by atoms with Crippen molar-refractivity contribution < 1.29 is 17.6 Å². The number of hydrogen-bond donors (Lipinski definition) is 1. The largest absolute Gasteiger partial charge is 0.335 e. The molecule has 0 radical (unpaired) electrons. The number of nitrogens with zero attached hydrogens (tertiary/aromatic N) is 1. The van der Waals surface area contributed by atoms with Gasteiger partial charge in [-0.1, -0.05) is 25.0 Å². The van der Waals surface area contributed by atoms with Crippen molar-refractivity contribution in [1.82, 2.24) is 4.90 Å². The Balaban J connectivity index is 1.85. The highest BCUT2D eigenvalue weighted by Gasteiger charge is 2.40. The van der Waals surface area contributed by atoms with Gasteiger partial charge in [0.2, 0.25) is 15.9 Å². The number of nitrogens with two attached hydrogens (primary N) is 1. The topological polar surface area (TPSA) is 80.5 Å². The van der Waals surface area contributed by atoms with Crippen LogP contribution in [0, 0.1) is 17.7 Å². The van der Waals surface area contributed by atoms with Crippen molar-refractivity contribution in [2.75, 3.05) is 12.3 Å². The minimum absolute atomic E-state index is 0.0372. The summed E-state index contributed by atoms with van der Waals surface area (Å²) >= 11 is 0. The molecule has 7 heteroatoms. The molecule has 0 spiro atoms. The molecular weight excluding hydrogens is 331 g/mol. The third-order valence-corrected chi connectivity index (χ3v) is 6.04. The van der Waals surface area contributed by atoms with Gasteiger partial charge in [0, 0.05) is 18.9 Å². The maximum absolute atomic E-state index is 13.3. The molecule has 1 heterocycles. The third kappa shape index (κ3) is 3.95. The van der Waals surface area contributed by atoms with Crippen LogP contribution in [0.5, 0.6) is 0 Å². The van der Waals surface area contributed by atoms with E-state index in [1.54, 1.807) is 17.0 Å². The minimum atomic E-state index is -3.60. The lowest BCUT2D eigenvalue weighted by Gasteiger charge is -2.33. The number of amides is 1. The van der Waals surface area contributed by atoms with Crippen molar-refractivity contribution >= 4 is 15.9 Å². The molecule has 1 amide bonds. The second kappa shape index (κ2) is 6.80. The Bertz CT molecular complexity index is 699. The highest BCUT2D eigenvalue weighted by molar-refractivity contribution is 7.89. The first kappa shape index (κ1) is 17.4. The number of rotatable bonds is 5. The molecule has 1 aromatic carbocycles. The zero-order chi connectivity index (χ0) is 17.3. The summed E-state index contributed by atoms with van der Waals surface area (Å²) in [6.45, 7) is 0.397. The summed E-state index contributed by atoms with van der Waals surface area (Å²) in [4.78, 5) is 14.3. The number of carbonyl (C=O) groups is 1. The summed E-state index contributed by atoms with van der Waals surface area (Å²) in [5.41, 5.74) is 0.924. The first-order valence-corrected chi connectivity index (χ1v) is 10.1. The van der Waals surface area contributed by atoms with Crippen molar-refractivity contribution in [1.29, 1.82) is 0 Å². The van der Waals surface area contributed by atoms with Crippen LogP contribution in [0.25, 0.3) is 0 Å². The van der Waals surface area contributed by atoms with Crippen molar-refractivity contribution in [2.24, 2.45) is 17.0 Å². The summed E-state index contributed by atoms with van der Waals surface area (Å²) in [5, 5.41) is 5.13. The van der Waals surface area contributed by atoms with Gasteiger partial charge in [-0.25, -0.2) is 17.9 Å². The fraction of sp³-hybridized carbons (Fsp3) is 0.588. The SMILES string of the molecule is NS(=O)(=O)CC1CC(=O)N(C(c2ccc(F)cc2)C2CCCC2)C1. The van der Waals surface area contributed by atoms with Crippen LogP contribution in [0.3, 0.4) is 0 Å². The molecule has 0 bridgehead atoms. The Hall–Kier alpha value is -1.47. The van der Waals surface area contributed by atoms with Crippen LogP contribution in [0.15, 0.2) is 24.3 Å². The predicted octanol–water partition coefficient (Wildman–Crippen LogP) is 2.19. The quantitative estimate of drug-likeness (QED) is 0.880. The summed E-state index contributed by atoms with van der Waals surface area (Å²) < 4.78 is 35.9. The summed E-state index contributed by atoms with van der Waals surface area (Å²) in [6.07, 6.45) is 4.54. The van der Waals surface area contributed by atoms with Crippen LogP contribution in [-0.4, -0.2) is 31.5 Å². The zero-order valence-corrected chi connectivity index (χ0v) is 14.3. The number of primary sulfonamides is 1. The standard InChI is InChI=1S/C17H23FN2O3S/c18-15-7-5-14(6-8-15)17(13-3-1-2-4-13)20-10-12(9-16(20)21)11-24(19,22)23/h5-8,12-13,17H,1-4,9-11H2,(H2,19,22,23). The molecule has 2 N–H and O–H groups in total. The van der Waals surface area contributed by atoms with E-state index < -0.39 is 10.0 Å². The average molecular weight is 354 g/mol. The third-order valence-electron chi connectivity index (χ3n) is 5.10. The molecule has 2 fully saturated rings. The summed E-state index contributed by atoms with van der Waals surface area (Å²) in [5.74, 6) is -0.436. The normalized spacial score (nSPS) is 23.8. The number of sulfonamides is 1. The van der Waals surface area contributed by atoms with Crippen LogP contribution >= 0.6 is 0 Å². The maximum Gasteiger partial charge on any atom is 0.223 e. The van der Waals surface area contributed by atoms with Gasteiger partial charge in [-0.15, -0.1) is 0 Å². The van der Waals surface area contributed by atoms with Gasteiger partial charge in [-0.05, 0) is 36.5 Å². The first-order valence-electron chi connectivity index (χ1n) is 8.39. The molecule has 2 unspecified atom stereocenters. The lowest BCUT2D eigenvalue weighted by molar-refractivity contribution is -0.130. The van der Waals surface area contributed by atoms with Crippen LogP contribution in [-0.2, 0) is 14.8 Å². The van der Waals surface area contributed by atoms with Crippen molar-refractivity contribution in [3.63, 3.8) is 0 Å². The second-order valence-corrected chi connectivity index (χ2v) is 8.65. The van der Waals surface area contributed by atoms with Crippen LogP contribution in [0.1, 0.15) is 43.7 Å². The van der Waals surface area contributed by atoms with E-state index in [0.717, 1.165) is 31.2 Å². The van der Waals surface area contributed by atoms with Crippen LogP contribution in [0.2, 0.25) is 0 Å². The molecule has 1 aromatic rings. The summed E-state index contributed by atoms with van der Waals surface area (Å²) in [6, 6.07) is 6.20. The van der Waals surface area contributed by atoms with E-state index in [-0.39, 0.29) is 35.9 Å². The van der Waals surface area contributed by atoms with Crippen molar-refractivity contribution in [2.45, 2.75) is 38.1 Å². The molecule has 5 nitrogen and oxygen atoms in total. The predicted molar refractivity (Wildman–Crippen MR) is 88.9 cm³/mol. The average Bonchev–Trinajstić information content (AvgIpc) is 3.11. The van der Waals surface area contributed by atoms with Crippen molar-refractivity contribution in [3.05, 3.63) is 35.6 Å². The molecule has 3 rings (SSSR count). The van der Waals surface area contributed by atoms with E-state index in [4.69, 9.17) is 5.14 Å². The van der Waals surface area contributed by atoms with E-state index in [1.165, 1.54) is 12.1 Å². The summed E-state index contributed by atoms with van der Waals surface area (Å²) in [7, 11) is -3.60. The molecular formula is C17H23FN2O3S. The minimum Gasteiger partial charge on any atom is -0.335 e. The van der Waals surface area contributed by atoms with E-state index in [2.05, 4.69) is 0 Å². The van der Waals surface area contributed by atoms with E-state index in [1.807, 2.05) is 0 Å². The van der Waals surface area contributed by atoms with Gasteiger partial charge in [0.25, 0.3) is 0 Å². The molecule has 1 saturated heterocycles. The Labute approximate surface area is 142 Å². The Morgan fingerprint density at radius 2 is 1.83 bits per heavy atom. The van der Waals surface area contributed by atoms with Gasteiger partial charge >= 0.3 is 0 Å². The highest BCUT2D eigenvalue weighted by Crippen LogP contribution is 2.42. The Kier molecular flexibility index (Phi) is 4.92. The lowest BCUT2D eigenvalue weighted by atomic mass is 9.90. The zero-order valence-electron chi connectivity index (χ0n) is 13.5. The fourth-order valence-electron chi connectivity index (χ4n) is 4.16. The Morgan fingerprint density at radius 1 is 1.21 bits per heavy atom. The first-order chi connectivity index (χ1) is 11.3. The van der Waals surface area contributed by atoms with Gasteiger partial charge in [0.1, 0.15) is 5.82 Å². The molecule has 1 aliphatic heterocycles. The van der Waals surface area contributed by atoms with Gasteiger partial charge in [-0.2, -0.15) is 0 Å². The molecule has 1 aliphatic carbocycles. The molecule has 2 atom stereocenters. The Morgan fingerprint density at radius 3 is 2.42 bits per heavy atom. The number of carbonyl (C=O) groups excluding carboxylic acids is 1. The van der Waals surface area contributed by atoms with Crippen LogP contribution < -0.4 is 5.14 Å². The number of likely N-dealkylation sites (tertiary alicyclic amines) is 1. The fourth-order valence-corrected chi connectivity index (χ4v) is 5.04. The van der Waals surface area contributed by atoms with Gasteiger partial charge in [0.15, 0.2) is 0 Å². The molecule has 132 valence electrons. The monoisotopic (exact) mass is 354 g/mol. The second-order valence-electron chi connectivity index (χ2n) is 6.99. The van der Waals surface area contributed by atoms with Gasteiger partial charge < -0.3 is 4.90 Å². The smallest absolute Gasteiger partial charge is 0.223 e. The molecule has 0 aromatic heterocycles. The van der Waals surface area contributed by atoms with E-state index >= 15 is 0 Å². The van der Waals surface area contributed by atoms with Crippen molar-refractivity contribution in [3.8, 4) is 0 Å². The maximum atomic E-state index is 13.3. The van der Waals surface area contributed by atoms with E-state index in [9.17, 15) is 17.6 Å². The lowest BCUT2D eigenvalue weighted by Crippen LogP contribution is -2.35. The molecule has 1 saturated carbocycles. The molecule has 24 heavy (non-hydrogen) atoms. The van der Waals surface area contributed by atoms with Gasteiger partial charge in [0.05, 0.1) is 11.8 Å². The highest BCUT2D eigenvalue weighted by atomic mass is 32.2. The van der Waals surface area contributed by atoms with Crippen LogP contribution in [0.4, 0.5) is 4.39 Å². The van der Waals surface area contributed by atoms with E-state index in [0.29, 0.717) is 12.5 Å². The van der Waals surface area contributed by atoms with Gasteiger partial charge in [-0.3, -0.25) is 4.79 Å².